The fourth-order valence-electron chi connectivity index (χ4n) is 2.73. The molecule has 2 heterocycles. The summed E-state index contributed by atoms with van der Waals surface area (Å²) < 4.78 is 21.3. The van der Waals surface area contributed by atoms with Crippen LogP contribution in [0.2, 0.25) is 0 Å². The molecule has 2 aromatic heterocycles. The van der Waals surface area contributed by atoms with Crippen molar-refractivity contribution in [3.63, 3.8) is 0 Å². The van der Waals surface area contributed by atoms with E-state index in [9.17, 15) is 9.18 Å². The van der Waals surface area contributed by atoms with Crippen LogP contribution in [0.3, 0.4) is 0 Å². The molecule has 0 saturated heterocycles. The van der Waals surface area contributed by atoms with Crippen molar-refractivity contribution in [2.75, 3.05) is 18.9 Å². The third-order valence-electron chi connectivity index (χ3n) is 4.19. The number of halogens is 1. The lowest BCUT2D eigenvalue weighted by Gasteiger charge is -2.20. The Morgan fingerprint density at radius 1 is 1.37 bits per heavy atom. The van der Waals surface area contributed by atoms with Crippen LogP contribution in [-0.2, 0) is 6.54 Å². The minimum Gasteiger partial charge on any atom is -0.489 e. The first kappa shape index (κ1) is 18.8. The number of carbonyl (C=O) groups is 1. The van der Waals surface area contributed by atoms with Crippen LogP contribution in [0.25, 0.3) is 5.65 Å². The van der Waals surface area contributed by atoms with Gasteiger partial charge in [0.05, 0.1) is 11.8 Å². The number of aromatic nitrogens is 3. The van der Waals surface area contributed by atoms with Gasteiger partial charge in [-0.05, 0) is 37.7 Å². The summed E-state index contributed by atoms with van der Waals surface area (Å²) in [5, 5.41) is 10.3. The number of likely N-dealkylation sites (N-methyl/N-ethyl adjacent to an activating group) is 1. The number of aldehydes is 1. The molecule has 0 spiro atoms. The summed E-state index contributed by atoms with van der Waals surface area (Å²) in [6.07, 6.45) is 4.71. The normalized spacial score (nSPS) is 12.1. The Balaban J connectivity index is 1.78. The first-order valence-corrected chi connectivity index (χ1v) is 8.77. The van der Waals surface area contributed by atoms with Gasteiger partial charge >= 0.3 is 0 Å². The largest absolute Gasteiger partial charge is 0.489 e. The molecule has 0 saturated carbocycles. The van der Waals surface area contributed by atoms with E-state index in [1.807, 2.05) is 14.0 Å². The number of nitrogens with zero attached hydrogens (tertiary/aromatic N) is 3. The third kappa shape index (κ3) is 4.40. The van der Waals surface area contributed by atoms with Gasteiger partial charge in [0.1, 0.15) is 23.5 Å². The molecule has 3 rings (SSSR count). The Kier molecular flexibility index (Phi) is 5.97. The fraction of sp³-hybridized carbons (Fsp3) is 0.316. The van der Waals surface area contributed by atoms with E-state index >= 15 is 0 Å². The van der Waals surface area contributed by atoms with Gasteiger partial charge in [-0.3, -0.25) is 4.79 Å². The van der Waals surface area contributed by atoms with Crippen molar-refractivity contribution in [3.8, 4) is 5.75 Å². The van der Waals surface area contributed by atoms with Crippen LogP contribution in [0.15, 0.2) is 36.7 Å². The lowest BCUT2D eigenvalue weighted by Crippen LogP contribution is -2.28. The maximum absolute atomic E-state index is 13.7. The molecular formula is C19H22FN5O2. The zero-order chi connectivity index (χ0) is 19.2. The number of ether oxygens (including phenoxy) is 1. The fourth-order valence-corrected chi connectivity index (χ4v) is 2.73. The summed E-state index contributed by atoms with van der Waals surface area (Å²) in [6, 6.07) is 6.22. The zero-order valence-electron chi connectivity index (χ0n) is 15.3. The molecule has 0 bridgehead atoms. The van der Waals surface area contributed by atoms with Crippen molar-refractivity contribution in [2.24, 2.45) is 0 Å². The Morgan fingerprint density at radius 3 is 2.96 bits per heavy atom. The lowest BCUT2D eigenvalue weighted by atomic mass is 10.2. The van der Waals surface area contributed by atoms with Crippen LogP contribution >= 0.6 is 0 Å². The average Bonchev–Trinajstić information content (AvgIpc) is 3.09. The van der Waals surface area contributed by atoms with Crippen molar-refractivity contribution >= 4 is 17.8 Å². The van der Waals surface area contributed by atoms with Gasteiger partial charge in [-0.1, -0.05) is 6.92 Å². The molecule has 0 unspecified atom stereocenters. The van der Waals surface area contributed by atoms with Crippen LogP contribution < -0.4 is 15.4 Å². The Bertz CT molecular complexity index is 928. The van der Waals surface area contributed by atoms with Gasteiger partial charge in [-0.2, -0.15) is 5.10 Å². The van der Waals surface area contributed by atoms with Gasteiger partial charge in [0.2, 0.25) is 0 Å². The molecular weight excluding hydrogens is 349 g/mol. The highest BCUT2D eigenvalue weighted by Gasteiger charge is 2.12. The number of carbonyl (C=O) groups excluding carboxylic acids is 1. The molecule has 0 radical (unpaired) electrons. The third-order valence-corrected chi connectivity index (χ3v) is 4.19. The van der Waals surface area contributed by atoms with Gasteiger partial charge in [-0.15, -0.1) is 0 Å². The van der Waals surface area contributed by atoms with E-state index < -0.39 is 0 Å². The molecule has 8 heteroatoms. The molecule has 0 aliphatic rings. The predicted molar refractivity (Wildman–Crippen MR) is 101 cm³/mol. The van der Waals surface area contributed by atoms with Crippen LogP contribution in [0, 0.1) is 5.82 Å². The van der Waals surface area contributed by atoms with Crippen LogP contribution in [-0.4, -0.2) is 40.6 Å². The van der Waals surface area contributed by atoms with Crippen LogP contribution in [0.5, 0.6) is 5.75 Å². The molecule has 0 amide bonds. The maximum Gasteiger partial charge on any atom is 0.167 e. The van der Waals surface area contributed by atoms with Crippen molar-refractivity contribution in [3.05, 3.63) is 53.6 Å². The highest BCUT2D eigenvalue weighted by atomic mass is 19.1. The zero-order valence-corrected chi connectivity index (χ0v) is 15.3. The van der Waals surface area contributed by atoms with E-state index in [2.05, 4.69) is 20.7 Å². The predicted octanol–water partition coefficient (Wildman–Crippen LogP) is 2.67. The Hall–Kier alpha value is -3.00. The van der Waals surface area contributed by atoms with Gasteiger partial charge in [0.25, 0.3) is 0 Å². The SMILES string of the molecule is CC[C@@H](CNC)Oc1ccc(F)cc1CNc1ccn2ncc(C=O)c2n1. The standard InChI is InChI=1S/C19H22FN5O2/c1-3-16(11-21-2)27-17-5-4-15(20)8-13(17)9-22-18-6-7-25-19(24-18)14(12-26)10-23-25/h4-8,10,12,16,21H,3,9,11H2,1-2H3,(H,22,24)/t16-/m0/s1. The number of hydrogen-bond acceptors (Lipinski definition) is 6. The quantitative estimate of drug-likeness (QED) is 0.563. The molecule has 0 aliphatic heterocycles. The molecule has 7 nitrogen and oxygen atoms in total. The molecule has 1 aromatic carbocycles. The summed E-state index contributed by atoms with van der Waals surface area (Å²) in [6.45, 7) is 3.07. The van der Waals surface area contributed by atoms with E-state index in [0.717, 1.165) is 6.42 Å². The second kappa shape index (κ2) is 8.59. The Labute approximate surface area is 156 Å². The van der Waals surface area contributed by atoms with Gasteiger partial charge < -0.3 is 15.4 Å². The first-order chi connectivity index (χ1) is 13.1. The summed E-state index contributed by atoms with van der Waals surface area (Å²) in [5.41, 5.74) is 1.56. The highest BCUT2D eigenvalue weighted by molar-refractivity contribution is 5.83. The molecule has 27 heavy (non-hydrogen) atoms. The smallest absolute Gasteiger partial charge is 0.167 e. The first-order valence-electron chi connectivity index (χ1n) is 8.77. The van der Waals surface area contributed by atoms with Crippen LogP contribution in [0.1, 0.15) is 29.3 Å². The minimum absolute atomic E-state index is 0.00405. The Morgan fingerprint density at radius 2 is 2.22 bits per heavy atom. The summed E-state index contributed by atoms with van der Waals surface area (Å²) in [7, 11) is 1.87. The van der Waals surface area contributed by atoms with Crippen molar-refractivity contribution in [2.45, 2.75) is 26.0 Å². The second-order valence-electron chi connectivity index (χ2n) is 6.11. The lowest BCUT2D eigenvalue weighted by molar-refractivity contribution is 0.112. The van der Waals surface area contributed by atoms with E-state index in [1.165, 1.54) is 22.8 Å². The van der Waals surface area contributed by atoms with Crippen LogP contribution in [0.4, 0.5) is 10.2 Å². The molecule has 142 valence electrons. The number of anilines is 1. The summed E-state index contributed by atoms with van der Waals surface area (Å²) in [5.74, 6) is 0.858. The van der Waals surface area contributed by atoms with Crippen molar-refractivity contribution in [1.82, 2.24) is 19.9 Å². The number of nitrogens with one attached hydrogen (secondary N) is 2. The van der Waals surface area contributed by atoms with Gasteiger partial charge in [0, 0.05) is 24.8 Å². The monoisotopic (exact) mass is 371 g/mol. The van der Waals surface area contributed by atoms with E-state index in [-0.39, 0.29) is 11.9 Å². The number of benzene rings is 1. The van der Waals surface area contributed by atoms with E-state index in [1.54, 1.807) is 18.3 Å². The topological polar surface area (TPSA) is 80.5 Å². The maximum atomic E-state index is 13.7. The molecule has 2 N–H and O–H groups in total. The average molecular weight is 371 g/mol. The van der Waals surface area contributed by atoms with Crippen molar-refractivity contribution in [1.29, 1.82) is 0 Å². The van der Waals surface area contributed by atoms with Gasteiger partial charge in [0.15, 0.2) is 11.9 Å². The second-order valence-corrected chi connectivity index (χ2v) is 6.11. The van der Waals surface area contributed by atoms with E-state index in [0.29, 0.717) is 47.7 Å². The summed E-state index contributed by atoms with van der Waals surface area (Å²) >= 11 is 0. The van der Waals surface area contributed by atoms with E-state index in [4.69, 9.17) is 4.74 Å². The molecule has 0 aliphatic carbocycles. The number of hydrogen-bond donors (Lipinski definition) is 2. The number of rotatable bonds is 9. The molecule has 0 fully saturated rings. The minimum atomic E-state index is -0.330. The molecule has 3 aromatic rings. The summed E-state index contributed by atoms with van der Waals surface area (Å²) in [4.78, 5) is 15.5. The van der Waals surface area contributed by atoms with Gasteiger partial charge in [-0.25, -0.2) is 13.9 Å². The number of fused-ring (bicyclic) bond motifs is 1. The van der Waals surface area contributed by atoms with Crippen molar-refractivity contribution < 1.29 is 13.9 Å². The molecule has 1 atom stereocenters. The highest BCUT2D eigenvalue weighted by Crippen LogP contribution is 2.23.